The fourth-order valence-electron chi connectivity index (χ4n) is 20.3. The number of benzene rings is 19. The third kappa shape index (κ3) is 9.98. The van der Waals surface area contributed by atoms with Crippen LogP contribution in [0.3, 0.4) is 0 Å². The first-order chi connectivity index (χ1) is 61.5. The lowest BCUT2D eigenvalue weighted by molar-refractivity contribution is 0.662. The molecule has 10 nitrogen and oxygen atoms in total. The Morgan fingerprint density at radius 1 is 0.145 bits per heavy atom. The minimum atomic E-state index is 0.825. The van der Waals surface area contributed by atoms with Crippen molar-refractivity contribution in [1.29, 1.82) is 0 Å². The molecule has 29 aromatic rings. The standard InChI is InChI=1S/C42H23NO3.2C36H21NO2/c1-4-14-32-26(9-1)31-23-24(19-21-33(31)43(32)34-15-7-13-29-27-10-2-5-16-35(27)45-41(29)34)25-12-8-18-37-39(25)40-38(44-37)22-20-30-28-11-3-6-17-36(28)46-42(30)40;1-2-9-23(10-3-1)37-29-14-6-4-11-25(29)28-21-22(17-19-30(28)37)24-13-8-16-32-34(24)35-33(38-32)20-18-27-26-12-5-7-15-31(26)39-36(27)35;1-2-9-23(10-3-1)37-29-14-6-4-11-25(29)26-18-17-22(21-30(26)37)24-13-8-16-32-34(24)35-33(38-32)20-19-28-27-12-5-7-15-31(27)39-36(28)35/h1-23H;2*1-21H. The van der Waals surface area contributed by atoms with Crippen molar-refractivity contribution in [1.82, 2.24) is 13.7 Å². The molecule has 29 rings (SSSR count). The van der Waals surface area contributed by atoms with Crippen molar-refractivity contribution >= 4 is 219 Å². The van der Waals surface area contributed by atoms with Gasteiger partial charge in [0.25, 0.3) is 0 Å². The zero-order valence-electron chi connectivity index (χ0n) is 66.2. The van der Waals surface area contributed by atoms with Crippen molar-refractivity contribution in [2.24, 2.45) is 0 Å². The fraction of sp³-hybridized carbons (Fsp3) is 0. The molecule has 0 saturated carbocycles. The van der Waals surface area contributed by atoms with Gasteiger partial charge in [0.2, 0.25) is 0 Å². The van der Waals surface area contributed by atoms with E-state index in [0.717, 1.165) is 215 Å². The van der Waals surface area contributed by atoms with Crippen molar-refractivity contribution in [3.05, 3.63) is 394 Å². The Bertz CT molecular complexity index is 9540. The molecule has 0 saturated heterocycles. The SMILES string of the molecule is c1ccc(-n2c3ccccc3c3cc(-c4cccc5oc6ccc7c8ccccc8oc7c6c45)ccc32)cc1.c1ccc(-n2c3ccccc3c3ccc(-c4cccc5oc6ccc7c8ccccc8oc7c6c45)cc32)cc1.c1ccc2c(c1)oc1c(-n3c4ccccc4c4cc(-c5cccc6oc7ccc8c9ccccc9oc8c7c56)ccc43)cccc12. The molecule has 0 fully saturated rings. The molecular weight excluding hydrogens is 1520 g/mol. The van der Waals surface area contributed by atoms with Crippen molar-refractivity contribution in [2.45, 2.75) is 0 Å². The number of aromatic nitrogens is 3. The third-order valence-electron chi connectivity index (χ3n) is 25.6. The Kier molecular flexibility index (Phi) is 14.5. The zero-order chi connectivity index (χ0) is 80.9. The maximum atomic E-state index is 6.50. The van der Waals surface area contributed by atoms with Crippen LogP contribution in [0.5, 0.6) is 0 Å². The van der Waals surface area contributed by atoms with Gasteiger partial charge in [-0.15, -0.1) is 0 Å². The summed E-state index contributed by atoms with van der Waals surface area (Å²) in [5.74, 6) is 0. The van der Waals surface area contributed by atoms with Crippen LogP contribution in [0, 0.1) is 0 Å². The van der Waals surface area contributed by atoms with E-state index >= 15 is 0 Å². The highest BCUT2D eigenvalue weighted by molar-refractivity contribution is 6.29. The Morgan fingerprint density at radius 3 is 0.863 bits per heavy atom. The van der Waals surface area contributed by atoms with Crippen LogP contribution in [0.2, 0.25) is 0 Å². The van der Waals surface area contributed by atoms with Crippen LogP contribution in [0.15, 0.2) is 425 Å². The largest absolute Gasteiger partial charge is 0.456 e. The van der Waals surface area contributed by atoms with Crippen LogP contribution in [0.4, 0.5) is 0 Å². The van der Waals surface area contributed by atoms with Crippen molar-refractivity contribution < 1.29 is 30.9 Å². The quantitative estimate of drug-likeness (QED) is 0.163. The van der Waals surface area contributed by atoms with E-state index in [2.05, 4.69) is 341 Å². The summed E-state index contributed by atoms with van der Waals surface area (Å²) >= 11 is 0. The van der Waals surface area contributed by atoms with Crippen LogP contribution in [0.25, 0.3) is 269 Å². The smallest absolute Gasteiger partial charge is 0.159 e. The van der Waals surface area contributed by atoms with Gasteiger partial charge in [0.1, 0.15) is 72.6 Å². The van der Waals surface area contributed by atoms with E-state index in [9.17, 15) is 0 Å². The minimum Gasteiger partial charge on any atom is -0.456 e. The number of hydrogen-bond donors (Lipinski definition) is 0. The van der Waals surface area contributed by atoms with Crippen LogP contribution < -0.4 is 0 Å². The molecule has 0 atom stereocenters. The lowest BCUT2D eigenvalue weighted by Crippen LogP contribution is -1.94. The first-order valence-corrected chi connectivity index (χ1v) is 41.9. The predicted octanol–water partition coefficient (Wildman–Crippen LogP) is 32.6. The van der Waals surface area contributed by atoms with Crippen LogP contribution in [0.1, 0.15) is 0 Å². The minimum absolute atomic E-state index is 0.825. The summed E-state index contributed by atoms with van der Waals surface area (Å²) in [5, 5.41) is 22.5. The van der Waals surface area contributed by atoms with Crippen LogP contribution >= 0.6 is 0 Å². The molecule has 0 amide bonds. The molecule has 0 spiro atoms. The second kappa shape index (κ2) is 26.3. The molecule has 0 aliphatic carbocycles. The van der Waals surface area contributed by atoms with E-state index in [0.29, 0.717) is 0 Å². The summed E-state index contributed by atoms with van der Waals surface area (Å²) in [6.07, 6.45) is 0. The molecule has 0 aliphatic rings. The van der Waals surface area contributed by atoms with Crippen molar-refractivity contribution in [2.75, 3.05) is 0 Å². The van der Waals surface area contributed by atoms with Gasteiger partial charge in [0.05, 0.1) is 54.9 Å². The van der Waals surface area contributed by atoms with Crippen LogP contribution in [-0.4, -0.2) is 13.7 Å². The summed E-state index contributed by atoms with van der Waals surface area (Å²) in [6.45, 7) is 0. The highest BCUT2D eigenvalue weighted by atomic mass is 16.4. The Morgan fingerprint density at radius 2 is 0.427 bits per heavy atom. The normalized spacial score (nSPS) is 12.2. The lowest BCUT2D eigenvalue weighted by atomic mass is 9.97. The summed E-state index contributed by atoms with van der Waals surface area (Å²) in [7, 11) is 0. The maximum Gasteiger partial charge on any atom is 0.159 e. The molecule has 124 heavy (non-hydrogen) atoms. The monoisotopic (exact) mass is 1590 g/mol. The number of hydrogen-bond acceptors (Lipinski definition) is 7. The van der Waals surface area contributed by atoms with E-state index in [1.807, 2.05) is 66.7 Å². The van der Waals surface area contributed by atoms with Crippen molar-refractivity contribution in [3.8, 4) is 50.4 Å². The summed E-state index contributed by atoms with van der Waals surface area (Å²) in [5.41, 5.74) is 29.3. The average molecular weight is 1590 g/mol. The number of fused-ring (bicyclic) bond motifs is 33. The van der Waals surface area contributed by atoms with E-state index in [1.54, 1.807) is 0 Å². The van der Waals surface area contributed by atoms with Gasteiger partial charge in [0.15, 0.2) is 5.58 Å². The van der Waals surface area contributed by atoms with Gasteiger partial charge in [-0.1, -0.05) is 237 Å². The highest BCUT2D eigenvalue weighted by Gasteiger charge is 2.27. The fourth-order valence-corrected chi connectivity index (χ4v) is 20.3. The first kappa shape index (κ1) is 68.1. The first-order valence-electron chi connectivity index (χ1n) is 41.9. The van der Waals surface area contributed by atoms with Gasteiger partial charge in [0, 0.05) is 103 Å². The molecule has 19 aromatic carbocycles. The Hall–Kier alpha value is -16.8. The molecule has 0 unspecified atom stereocenters. The molecule has 0 bridgehead atoms. The molecule has 0 radical (unpaired) electrons. The van der Waals surface area contributed by atoms with Gasteiger partial charge < -0.3 is 44.6 Å². The van der Waals surface area contributed by atoms with Gasteiger partial charge in [-0.25, -0.2) is 0 Å². The highest BCUT2D eigenvalue weighted by Crippen LogP contribution is 2.50. The van der Waals surface area contributed by atoms with Crippen LogP contribution in [-0.2, 0) is 0 Å². The van der Waals surface area contributed by atoms with Gasteiger partial charge in [-0.2, -0.15) is 0 Å². The molecule has 10 heteroatoms. The van der Waals surface area contributed by atoms with Gasteiger partial charge in [-0.05, 0) is 191 Å². The number of rotatable bonds is 6. The number of furan rings is 7. The van der Waals surface area contributed by atoms with E-state index < -0.39 is 0 Å². The lowest BCUT2D eigenvalue weighted by Gasteiger charge is -2.09. The Labute approximate surface area is 703 Å². The summed E-state index contributed by atoms with van der Waals surface area (Å²) in [4.78, 5) is 0. The molecular formula is C114H65N3O7. The number of para-hydroxylation sites is 10. The van der Waals surface area contributed by atoms with E-state index in [4.69, 9.17) is 30.9 Å². The third-order valence-corrected chi connectivity index (χ3v) is 25.6. The maximum absolute atomic E-state index is 6.50. The molecule has 578 valence electrons. The summed E-state index contributed by atoms with van der Waals surface area (Å²) in [6, 6.07) is 138. The average Bonchev–Trinajstić information content (AvgIpc) is 1.57. The summed E-state index contributed by atoms with van der Waals surface area (Å²) < 4.78 is 52.1. The molecule has 10 aromatic heterocycles. The van der Waals surface area contributed by atoms with Gasteiger partial charge >= 0.3 is 0 Å². The van der Waals surface area contributed by atoms with E-state index in [-0.39, 0.29) is 0 Å². The van der Waals surface area contributed by atoms with Crippen molar-refractivity contribution in [3.63, 3.8) is 0 Å². The van der Waals surface area contributed by atoms with Gasteiger partial charge in [-0.3, -0.25) is 0 Å². The molecule has 0 aliphatic heterocycles. The zero-order valence-corrected chi connectivity index (χ0v) is 66.2. The number of nitrogens with zero attached hydrogens (tertiary/aromatic N) is 3. The van der Waals surface area contributed by atoms with E-state index in [1.165, 1.54) is 54.4 Å². The topological polar surface area (TPSA) is 107 Å². The Balaban J connectivity index is 0.0000000977. The second-order valence-electron chi connectivity index (χ2n) is 32.3. The molecule has 10 heterocycles. The second-order valence-corrected chi connectivity index (χ2v) is 32.3. The molecule has 0 N–H and O–H groups in total. The predicted molar refractivity (Wildman–Crippen MR) is 510 cm³/mol.